The maximum absolute atomic E-state index is 13.3. The number of benzene rings is 1. The number of carbonyl (C=O) groups is 2. The highest BCUT2D eigenvalue weighted by Gasteiger charge is 2.22. The molecule has 0 aromatic heterocycles. The third-order valence-corrected chi connectivity index (χ3v) is 2.24. The normalized spacial score (nSPS) is 11.9. The van der Waals surface area contributed by atoms with Crippen LogP contribution in [0.4, 0.5) is 8.78 Å². The topological polar surface area (TPSA) is 66.4 Å². The van der Waals surface area contributed by atoms with Gasteiger partial charge in [-0.2, -0.15) is 0 Å². The van der Waals surface area contributed by atoms with Crippen molar-refractivity contribution in [3.8, 4) is 0 Å². The molecule has 0 fully saturated rings. The number of halogens is 2. The van der Waals surface area contributed by atoms with Crippen molar-refractivity contribution in [2.75, 3.05) is 6.54 Å². The average Bonchev–Trinajstić information content (AvgIpc) is 2.25. The monoisotopic (exact) mass is 243 g/mol. The Balaban J connectivity index is 2.85. The first-order chi connectivity index (χ1) is 7.93. The van der Waals surface area contributed by atoms with Gasteiger partial charge in [0, 0.05) is 5.56 Å². The Kier molecular flexibility index (Phi) is 4.14. The van der Waals surface area contributed by atoms with Crippen LogP contribution in [0.3, 0.4) is 0 Å². The van der Waals surface area contributed by atoms with Gasteiger partial charge in [0.05, 0.1) is 5.92 Å². The highest BCUT2D eigenvalue weighted by molar-refractivity contribution is 5.86. The molecule has 0 saturated heterocycles. The van der Waals surface area contributed by atoms with Crippen LogP contribution in [0.15, 0.2) is 18.2 Å². The van der Waals surface area contributed by atoms with Gasteiger partial charge in [-0.15, -0.1) is 0 Å². The summed E-state index contributed by atoms with van der Waals surface area (Å²) in [5.41, 5.74) is -0.365. The van der Waals surface area contributed by atoms with Crippen molar-refractivity contribution < 1.29 is 23.5 Å². The number of carbonyl (C=O) groups excluding carboxylic acids is 1. The van der Waals surface area contributed by atoms with E-state index in [1.54, 1.807) is 0 Å². The number of carboxylic acids is 1. The zero-order chi connectivity index (χ0) is 13.0. The molecule has 1 aromatic rings. The lowest BCUT2D eigenvalue weighted by atomic mass is 9.99. The summed E-state index contributed by atoms with van der Waals surface area (Å²) >= 11 is 0. The second-order valence-corrected chi connectivity index (χ2v) is 3.47. The van der Waals surface area contributed by atoms with E-state index in [2.05, 4.69) is 5.32 Å². The molecule has 0 aliphatic heterocycles. The zero-order valence-corrected chi connectivity index (χ0v) is 9.04. The fourth-order valence-corrected chi connectivity index (χ4v) is 1.37. The van der Waals surface area contributed by atoms with E-state index < -0.39 is 36.0 Å². The Hall–Kier alpha value is -1.98. The van der Waals surface area contributed by atoms with Crippen molar-refractivity contribution in [2.45, 2.75) is 12.8 Å². The van der Waals surface area contributed by atoms with Crippen LogP contribution in [0, 0.1) is 11.6 Å². The van der Waals surface area contributed by atoms with Crippen LogP contribution in [0.5, 0.6) is 0 Å². The van der Waals surface area contributed by atoms with Crippen molar-refractivity contribution in [1.82, 2.24) is 5.32 Å². The Bertz CT molecular complexity index is 428. The SMILES string of the molecule is CC(C(=O)NCC(=O)O)c1c(F)cccc1F. The van der Waals surface area contributed by atoms with Gasteiger partial charge in [-0.05, 0) is 19.1 Å². The molecule has 1 atom stereocenters. The lowest BCUT2D eigenvalue weighted by Gasteiger charge is -2.13. The maximum Gasteiger partial charge on any atom is 0.322 e. The molecule has 92 valence electrons. The van der Waals surface area contributed by atoms with E-state index in [0.717, 1.165) is 12.1 Å². The van der Waals surface area contributed by atoms with Gasteiger partial charge < -0.3 is 10.4 Å². The third-order valence-electron chi connectivity index (χ3n) is 2.24. The van der Waals surface area contributed by atoms with E-state index >= 15 is 0 Å². The summed E-state index contributed by atoms with van der Waals surface area (Å²) in [5, 5.41) is 10.4. The number of amides is 1. The average molecular weight is 243 g/mol. The summed E-state index contributed by atoms with van der Waals surface area (Å²) in [6, 6.07) is 3.27. The van der Waals surface area contributed by atoms with E-state index in [9.17, 15) is 18.4 Å². The van der Waals surface area contributed by atoms with Gasteiger partial charge in [0.15, 0.2) is 0 Å². The van der Waals surface area contributed by atoms with Crippen LogP contribution in [0.25, 0.3) is 0 Å². The van der Waals surface area contributed by atoms with Crippen LogP contribution in [0.2, 0.25) is 0 Å². The van der Waals surface area contributed by atoms with E-state index in [1.165, 1.54) is 13.0 Å². The Morgan fingerprint density at radius 1 is 1.35 bits per heavy atom. The van der Waals surface area contributed by atoms with Crippen molar-refractivity contribution >= 4 is 11.9 Å². The zero-order valence-electron chi connectivity index (χ0n) is 9.04. The second-order valence-electron chi connectivity index (χ2n) is 3.47. The van der Waals surface area contributed by atoms with Gasteiger partial charge in [0.25, 0.3) is 0 Å². The molecule has 0 aliphatic rings. The number of hydrogen-bond acceptors (Lipinski definition) is 2. The summed E-state index contributed by atoms with van der Waals surface area (Å²) < 4.78 is 26.6. The Labute approximate surface area is 96.3 Å². The minimum absolute atomic E-state index is 0.365. The Morgan fingerprint density at radius 3 is 2.35 bits per heavy atom. The standard InChI is InChI=1S/C11H11F2NO3/c1-6(11(17)14-5-9(15)16)10-7(12)3-2-4-8(10)13/h2-4,6H,5H2,1H3,(H,14,17)(H,15,16). The third kappa shape index (κ3) is 3.24. The molecule has 0 saturated carbocycles. The van der Waals surface area contributed by atoms with Gasteiger partial charge in [-0.1, -0.05) is 6.07 Å². The fraction of sp³-hybridized carbons (Fsp3) is 0.273. The van der Waals surface area contributed by atoms with Gasteiger partial charge in [0.1, 0.15) is 18.2 Å². The molecule has 0 bridgehead atoms. The molecule has 0 aliphatic carbocycles. The van der Waals surface area contributed by atoms with E-state index in [0.29, 0.717) is 0 Å². The minimum atomic E-state index is -1.22. The smallest absolute Gasteiger partial charge is 0.322 e. The summed E-state index contributed by atoms with van der Waals surface area (Å²) in [7, 11) is 0. The summed E-state index contributed by atoms with van der Waals surface area (Å²) in [6.07, 6.45) is 0. The molecular formula is C11H11F2NO3. The lowest BCUT2D eigenvalue weighted by Crippen LogP contribution is -2.33. The molecule has 1 aromatic carbocycles. The first kappa shape index (κ1) is 13.1. The molecule has 1 unspecified atom stereocenters. The second kappa shape index (κ2) is 5.38. The van der Waals surface area contributed by atoms with Crippen molar-refractivity contribution in [1.29, 1.82) is 0 Å². The van der Waals surface area contributed by atoms with Crippen molar-refractivity contribution in [2.24, 2.45) is 0 Å². The molecule has 1 rings (SSSR count). The van der Waals surface area contributed by atoms with Gasteiger partial charge in [0.2, 0.25) is 5.91 Å². The lowest BCUT2D eigenvalue weighted by molar-refractivity contribution is -0.138. The van der Waals surface area contributed by atoms with Crippen LogP contribution < -0.4 is 5.32 Å². The fourth-order valence-electron chi connectivity index (χ4n) is 1.37. The molecule has 17 heavy (non-hydrogen) atoms. The summed E-state index contributed by atoms with van der Waals surface area (Å²) in [6.45, 7) is 0.720. The van der Waals surface area contributed by atoms with E-state index in [-0.39, 0.29) is 5.56 Å². The summed E-state index contributed by atoms with van der Waals surface area (Å²) in [5.74, 6) is -4.71. The van der Waals surface area contributed by atoms with Gasteiger partial charge >= 0.3 is 5.97 Å². The number of aliphatic carboxylic acids is 1. The first-order valence-corrected chi connectivity index (χ1v) is 4.87. The first-order valence-electron chi connectivity index (χ1n) is 4.87. The minimum Gasteiger partial charge on any atom is -0.480 e. The predicted molar refractivity (Wildman–Crippen MR) is 55.4 cm³/mol. The quantitative estimate of drug-likeness (QED) is 0.836. The molecular weight excluding hydrogens is 232 g/mol. The van der Waals surface area contributed by atoms with Gasteiger partial charge in [-0.3, -0.25) is 9.59 Å². The number of hydrogen-bond donors (Lipinski definition) is 2. The molecule has 0 radical (unpaired) electrons. The van der Waals surface area contributed by atoms with Crippen molar-refractivity contribution in [3.63, 3.8) is 0 Å². The molecule has 2 N–H and O–H groups in total. The highest BCUT2D eigenvalue weighted by Crippen LogP contribution is 2.22. The molecule has 4 nitrogen and oxygen atoms in total. The van der Waals surface area contributed by atoms with Crippen LogP contribution in [-0.4, -0.2) is 23.5 Å². The van der Waals surface area contributed by atoms with Crippen LogP contribution in [-0.2, 0) is 9.59 Å². The van der Waals surface area contributed by atoms with E-state index in [4.69, 9.17) is 5.11 Å². The maximum atomic E-state index is 13.3. The summed E-state index contributed by atoms with van der Waals surface area (Å²) in [4.78, 5) is 21.7. The molecule has 1 amide bonds. The highest BCUT2D eigenvalue weighted by atomic mass is 19.1. The van der Waals surface area contributed by atoms with Crippen LogP contribution >= 0.6 is 0 Å². The molecule has 6 heteroatoms. The number of rotatable bonds is 4. The predicted octanol–water partition coefficient (Wildman–Crippen LogP) is 1.27. The largest absolute Gasteiger partial charge is 0.480 e. The van der Waals surface area contributed by atoms with Gasteiger partial charge in [-0.25, -0.2) is 8.78 Å². The molecule has 0 heterocycles. The van der Waals surface area contributed by atoms with Crippen molar-refractivity contribution in [3.05, 3.63) is 35.4 Å². The van der Waals surface area contributed by atoms with Crippen LogP contribution in [0.1, 0.15) is 18.4 Å². The van der Waals surface area contributed by atoms with E-state index in [1.807, 2.05) is 0 Å². The molecule has 0 spiro atoms. The number of carboxylic acid groups (broad SMARTS) is 1. The number of nitrogens with one attached hydrogen (secondary N) is 1. The Morgan fingerprint density at radius 2 is 1.88 bits per heavy atom.